The van der Waals surface area contributed by atoms with Crippen molar-refractivity contribution in [2.75, 3.05) is 13.1 Å². The molecule has 1 aromatic heterocycles. The topological polar surface area (TPSA) is 59.2 Å². The predicted octanol–water partition coefficient (Wildman–Crippen LogP) is 1.60. The Labute approximate surface area is 104 Å². The standard InChI is InChI=1S/C13H13N3O2/c1-9-2-4-10(5-3-9)12-14-13(18-15-12)11-6-16(7-11)8-17/h2-5,8,11H,6-7H2,1H3. The fourth-order valence-corrected chi connectivity index (χ4v) is 1.98. The number of carbonyl (C=O) groups is 1. The van der Waals surface area contributed by atoms with Gasteiger partial charge in [-0.2, -0.15) is 4.98 Å². The predicted molar refractivity (Wildman–Crippen MR) is 64.8 cm³/mol. The van der Waals surface area contributed by atoms with Crippen LogP contribution in [0.25, 0.3) is 11.4 Å². The SMILES string of the molecule is Cc1ccc(-c2noc(C3CN(C=O)C3)n2)cc1. The van der Waals surface area contributed by atoms with E-state index in [2.05, 4.69) is 10.1 Å². The summed E-state index contributed by atoms with van der Waals surface area (Å²) in [5, 5.41) is 3.98. The van der Waals surface area contributed by atoms with Gasteiger partial charge in [-0.3, -0.25) is 4.79 Å². The Bertz CT molecular complexity index is 556. The van der Waals surface area contributed by atoms with Gasteiger partial charge in [0, 0.05) is 18.7 Å². The lowest BCUT2D eigenvalue weighted by Gasteiger charge is -2.33. The van der Waals surface area contributed by atoms with Crippen molar-refractivity contribution >= 4 is 6.41 Å². The number of hydrogen-bond acceptors (Lipinski definition) is 4. The molecule has 5 nitrogen and oxygen atoms in total. The van der Waals surface area contributed by atoms with Crippen molar-refractivity contribution in [2.24, 2.45) is 0 Å². The third-order valence-electron chi connectivity index (χ3n) is 3.16. The number of aromatic nitrogens is 2. The molecule has 0 saturated carbocycles. The van der Waals surface area contributed by atoms with Crippen molar-refractivity contribution in [2.45, 2.75) is 12.8 Å². The average Bonchev–Trinajstić information content (AvgIpc) is 2.78. The molecule has 5 heteroatoms. The summed E-state index contributed by atoms with van der Waals surface area (Å²) in [6, 6.07) is 7.98. The maximum atomic E-state index is 10.5. The van der Waals surface area contributed by atoms with Gasteiger partial charge in [0.1, 0.15) is 0 Å². The number of rotatable bonds is 3. The Morgan fingerprint density at radius 1 is 1.33 bits per heavy atom. The highest BCUT2D eigenvalue weighted by atomic mass is 16.5. The molecule has 0 atom stereocenters. The van der Waals surface area contributed by atoms with E-state index in [0.29, 0.717) is 24.8 Å². The van der Waals surface area contributed by atoms with Crippen LogP contribution in [0.3, 0.4) is 0 Å². The van der Waals surface area contributed by atoms with Crippen molar-refractivity contribution in [3.8, 4) is 11.4 Å². The summed E-state index contributed by atoms with van der Waals surface area (Å²) < 4.78 is 5.24. The van der Waals surface area contributed by atoms with Crippen LogP contribution in [0, 0.1) is 6.92 Å². The molecule has 92 valence electrons. The third kappa shape index (κ3) is 1.88. The number of benzene rings is 1. The molecule has 0 spiro atoms. The molecule has 1 amide bonds. The summed E-state index contributed by atoms with van der Waals surface area (Å²) in [4.78, 5) is 16.5. The summed E-state index contributed by atoms with van der Waals surface area (Å²) in [7, 11) is 0. The fourth-order valence-electron chi connectivity index (χ4n) is 1.98. The van der Waals surface area contributed by atoms with Crippen LogP contribution >= 0.6 is 0 Å². The van der Waals surface area contributed by atoms with Crippen molar-refractivity contribution in [3.63, 3.8) is 0 Å². The molecule has 0 bridgehead atoms. The van der Waals surface area contributed by atoms with Gasteiger partial charge in [-0.15, -0.1) is 0 Å². The van der Waals surface area contributed by atoms with E-state index in [4.69, 9.17) is 4.52 Å². The largest absolute Gasteiger partial charge is 0.344 e. The number of hydrogen-bond donors (Lipinski definition) is 0. The zero-order valence-electron chi connectivity index (χ0n) is 10.0. The lowest BCUT2D eigenvalue weighted by molar-refractivity contribution is -0.122. The van der Waals surface area contributed by atoms with Crippen LogP contribution in [-0.4, -0.2) is 34.5 Å². The summed E-state index contributed by atoms with van der Waals surface area (Å²) in [5.74, 6) is 1.40. The van der Waals surface area contributed by atoms with Crippen LogP contribution in [0.5, 0.6) is 0 Å². The lowest BCUT2D eigenvalue weighted by atomic mass is 10.0. The summed E-state index contributed by atoms with van der Waals surface area (Å²) in [6.45, 7) is 3.37. The summed E-state index contributed by atoms with van der Waals surface area (Å²) in [6.07, 6.45) is 0.841. The Kier molecular flexibility index (Phi) is 2.59. The highest BCUT2D eigenvalue weighted by Gasteiger charge is 2.31. The Morgan fingerprint density at radius 3 is 2.72 bits per heavy atom. The van der Waals surface area contributed by atoms with E-state index in [9.17, 15) is 4.79 Å². The smallest absolute Gasteiger partial charge is 0.233 e. The minimum absolute atomic E-state index is 0.182. The second-order valence-electron chi connectivity index (χ2n) is 4.58. The van der Waals surface area contributed by atoms with E-state index in [0.717, 1.165) is 12.0 Å². The molecule has 18 heavy (non-hydrogen) atoms. The lowest BCUT2D eigenvalue weighted by Crippen LogP contribution is -2.43. The second-order valence-corrected chi connectivity index (χ2v) is 4.58. The molecule has 0 unspecified atom stereocenters. The van der Waals surface area contributed by atoms with Crippen LogP contribution in [0.4, 0.5) is 0 Å². The van der Waals surface area contributed by atoms with Gasteiger partial charge in [0.15, 0.2) is 0 Å². The molecule has 3 rings (SSSR count). The number of likely N-dealkylation sites (tertiary alicyclic amines) is 1. The van der Waals surface area contributed by atoms with E-state index in [-0.39, 0.29) is 5.92 Å². The van der Waals surface area contributed by atoms with Gasteiger partial charge in [0.25, 0.3) is 0 Å². The summed E-state index contributed by atoms with van der Waals surface area (Å²) in [5.41, 5.74) is 2.14. The Balaban J connectivity index is 1.77. The molecule has 1 aliphatic heterocycles. The number of nitrogens with zero attached hydrogens (tertiary/aromatic N) is 3. The van der Waals surface area contributed by atoms with Gasteiger partial charge < -0.3 is 9.42 Å². The molecule has 0 N–H and O–H groups in total. The number of amides is 1. The van der Waals surface area contributed by atoms with Crippen molar-refractivity contribution in [3.05, 3.63) is 35.7 Å². The Hall–Kier alpha value is -2.17. The molecule has 0 radical (unpaired) electrons. The normalized spacial score (nSPS) is 15.5. The van der Waals surface area contributed by atoms with Crippen LogP contribution in [-0.2, 0) is 4.79 Å². The van der Waals surface area contributed by atoms with Crippen molar-refractivity contribution in [1.82, 2.24) is 15.0 Å². The van der Waals surface area contributed by atoms with Gasteiger partial charge in [0.2, 0.25) is 18.1 Å². The van der Waals surface area contributed by atoms with E-state index in [1.807, 2.05) is 31.2 Å². The van der Waals surface area contributed by atoms with E-state index < -0.39 is 0 Å². The van der Waals surface area contributed by atoms with E-state index in [1.54, 1.807) is 4.90 Å². The van der Waals surface area contributed by atoms with E-state index >= 15 is 0 Å². The molecule has 1 aromatic carbocycles. The number of carbonyl (C=O) groups excluding carboxylic acids is 1. The van der Waals surface area contributed by atoms with E-state index in [1.165, 1.54) is 5.56 Å². The highest BCUT2D eigenvalue weighted by Crippen LogP contribution is 2.26. The molecular formula is C13H13N3O2. The third-order valence-corrected chi connectivity index (χ3v) is 3.16. The van der Waals surface area contributed by atoms with Gasteiger partial charge in [-0.1, -0.05) is 35.0 Å². The average molecular weight is 243 g/mol. The first-order chi connectivity index (χ1) is 8.76. The maximum absolute atomic E-state index is 10.5. The van der Waals surface area contributed by atoms with Crippen LogP contribution in [0.15, 0.2) is 28.8 Å². The van der Waals surface area contributed by atoms with Gasteiger partial charge in [0.05, 0.1) is 5.92 Å². The second kappa shape index (κ2) is 4.25. The first-order valence-electron chi connectivity index (χ1n) is 5.86. The van der Waals surface area contributed by atoms with Gasteiger partial charge >= 0.3 is 0 Å². The molecule has 2 aromatic rings. The number of aryl methyl sites for hydroxylation is 1. The Morgan fingerprint density at radius 2 is 2.06 bits per heavy atom. The molecule has 1 aliphatic rings. The molecule has 1 fully saturated rings. The summed E-state index contributed by atoms with van der Waals surface area (Å²) >= 11 is 0. The molecule has 1 saturated heterocycles. The quantitative estimate of drug-likeness (QED) is 0.768. The zero-order chi connectivity index (χ0) is 12.5. The van der Waals surface area contributed by atoms with Crippen LogP contribution in [0.1, 0.15) is 17.4 Å². The van der Waals surface area contributed by atoms with Crippen LogP contribution < -0.4 is 0 Å². The first-order valence-corrected chi connectivity index (χ1v) is 5.86. The molecule has 0 aliphatic carbocycles. The zero-order valence-corrected chi connectivity index (χ0v) is 10.0. The maximum Gasteiger partial charge on any atom is 0.233 e. The minimum Gasteiger partial charge on any atom is -0.344 e. The fraction of sp³-hybridized carbons (Fsp3) is 0.308. The monoisotopic (exact) mass is 243 g/mol. The highest BCUT2D eigenvalue weighted by molar-refractivity contribution is 5.55. The van der Waals surface area contributed by atoms with Gasteiger partial charge in [-0.25, -0.2) is 0 Å². The minimum atomic E-state index is 0.182. The molecular weight excluding hydrogens is 230 g/mol. The van der Waals surface area contributed by atoms with Gasteiger partial charge in [-0.05, 0) is 6.92 Å². The molecule has 2 heterocycles. The van der Waals surface area contributed by atoms with Crippen molar-refractivity contribution < 1.29 is 9.32 Å². The van der Waals surface area contributed by atoms with Crippen molar-refractivity contribution in [1.29, 1.82) is 0 Å². The van der Waals surface area contributed by atoms with Crippen LogP contribution in [0.2, 0.25) is 0 Å². The first kappa shape index (κ1) is 11.0.